The van der Waals surface area contributed by atoms with Gasteiger partial charge in [0.1, 0.15) is 0 Å². The van der Waals surface area contributed by atoms with E-state index in [9.17, 15) is 0 Å². The van der Waals surface area contributed by atoms with Gasteiger partial charge in [-0.2, -0.15) is 0 Å². The number of benzene rings is 9. The summed E-state index contributed by atoms with van der Waals surface area (Å²) >= 11 is 0. The van der Waals surface area contributed by atoms with Crippen LogP contribution in [0.3, 0.4) is 0 Å². The lowest BCUT2D eigenvalue weighted by molar-refractivity contribution is -0.0399. The highest BCUT2D eigenvalue weighted by Crippen LogP contribution is 2.69. The molecule has 4 saturated carbocycles. The maximum atomic E-state index is 7.95. The predicted molar refractivity (Wildman–Crippen MR) is 244 cm³/mol. The molecule has 0 nitrogen and oxygen atoms in total. The third kappa shape index (κ3) is 4.52. The quantitative estimate of drug-likeness (QED) is 0.158. The van der Waals surface area contributed by atoms with Crippen LogP contribution in [0.25, 0.3) is 88.0 Å². The zero-order chi connectivity index (χ0) is 38.8. The summed E-state index contributed by atoms with van der Waals surface area (Å²) in [7, 11) is 0. The van der Waals surface area contributed by atoms with Gasteiger partial charge in [-0.15, -0.1) is 0 Å². The highest BCUT2D eigenvalue weighted by atomic mass is 14.6. The van der Waals surface area contributed by atoms with Crippen LogP contribution in [-0.4, -0.2) is 0 Å². The smallest absolute Gasteiger partial charge is 0.0622 e. The number of hydrogen-bond donors (Lipinski definition) is 0. The minimum atomic E-state index is 0.135. The third-order valence-corrected chi connectivity index (χ3v) is 15.2. The first-order chi connectivity index (χ1) is 29.1. The zero-order valence-corrected chi connectivity index (χ0v) is 32.6. The molecule has 4 bridgehead atoms. The Morgan fingerprint density at radius 3 is 1.57 bits per heavy atom. The van der Waals surface area contributed by atoms with Crippen molar-refractivity contribution in [3.05, 3.63) is 193 Å². The molecule has 4 fully saturated rings. The minimum Gasteiger partial charge on any atom is -0.0622 e. The van der Waals surface area contributed by atoms with E-state index >= 15 is 0 Å². The summed E-state index contributed by atoms with van der Waals surface area (Å²) in [6.07, 6.45) is 7.04. The molecule has 0 heterocycles. The molecule has 0 heteroatoms. The van der Waals surface area contributed by atoms with Gasteiger partial charge in [-0.1, -0.05) is 176 Å². The van der Waals surface area contributed by atoms with Gasteiger partial charge in [0, 0.05) is 5.41 Å². The molecule has 276 valence electrons. The maximum absolute atomic E-state index is 7.95. The fourth-order valence-electron chi connectivity index (χ4n) is 13.2. The van der Waals surface area contributed by atoms with Crippen molar-refractivity contribution in [2.45, 2.75) is 37.5 Å². The number of hydrogen-bond acceptors (Lipinski definition) is 0. The molecular formula is C58H44. The van der Waals surface area contributed by atoms with Crippen molar-refractivity contribution in [2.75, 3.05) is 0 Å². The van der Waals surface area contributed by atoms with Gasteiger partial charge in [0.15, 0.2) is 0 Å². The van der Waals surface area contributed by atoms with Gasteiger partial charge in [0.05, 0.1) is 1.37 Å². The second-order valence-electron chi connectivity index (χ2n) is 17.9. The van der Waals surface area contributed by atoms with Crippen molar-refractivity contribution < 1.29 is 1.37 Å². The van der Waals surface area contributed by atoms with E-state index in [0.717, 1.165) is 34.8 Å². The molecule has 0 aromatic heterocycles. The largest absolute Gasteiger partial charge is 0.0623 e. The normalized spacial score (nSPS) is 22.8. The van der Waals surface area contributed by atoms with Crippen LogP contribution < -0.4 is 0 Å². The second-order valence-corrected chi connectivity index (χ2v) is 17.9. The summed E-state index contributed by atoms with van der Waals surface area (Å²) < 4.78 is 7.95. The Hall–Kier alpha value is -6.24. The molecule has 0 N–H and O–H groups in total. The van der Waals surface area contributed by atoms with Crippen LogP contribution in [0.2, 0.25) is 0 Å². The van der Waals surface area contributed by atoms with Crippen molar-refractivity contribution in [3.8, 4) is 55.6 Å². The third-order valence-electron chi connectivity index (χ3n) is 15.2. The van der Waals surface area contributed by atoms with Crippen LogP contribution in [0, 0.1) is 23.7 Å². The monoisotopic (exact) mass is 741 g/mol. The van der Waals surface area contributed by atoms with Gasteiger partial charge < -0.3 is 0 Å². The van der Waals surface area contributed by atoms with E-state index in [1.54, 1.807) is 11.1 Å². The van der Waals surface area contributed by atoms with Crippen LogP contribution >= 0.6 is 0 Å². The summed E-state index contributed by atoms with van der Waals surface area (Å²) in [4.78, 5) is 0. The van der Waals surface area contributed by atoms with Crippen molar-refractivity contribution in [3.63, 3.8) is 0 Å². The first-order valence-corrected chi connectivity index (χ1v) is 21.5. The van der Waals surface area contributed by atoms with Crippen molar-refractivity contribution in [2.24, 2.45) is 23.7 Å². The van der Waals surface area contributed by atoms with Gasteiger partial charge in [0.25, 0.3) is 0 Å². The average Bonchev–Trinajstić information content (AvgIpc) is 3.57. The first-order valence-electron chi connectivity index (χ1n) is 22.0. The molecule has 0 atom stereocenters. The Labute approximate surface area is 342 Å². The fraction of sp³-hybridized carbons (Fsp3) is 0.172. The van der Waals surface area contributed by atoms with Crippen LogP contribution in [0.15, 0.2) is 182 Å². The summed E-state index contributed by atoms with van der Waals surface area (Å²) in [5.74, 6) is 3.32. The molecule has 0 radical (unpaired) electrons. The van der Waals surface area contributed by atoms with Crippen LogP contribution in [0.1, 0.15) is 44.6 Å². The fourth-order valence-corrected chi connectivity index (χ4v) is 13.2. The summed E-state index contributed by atoms with van der Waals surface area (Å²) in [5.41, 5.74) is 16.3. The van der Waals surface area contributed by atoms with Gasteiger partial charge >= 0.3 is 0 Å². The van der Waals surface area contributed by atoms with E-state index in [4.69, 9.17) is 1.37 Å². The molecular weight excluding hydrogens is 697 g/mol. The Bertz CT molecular complexity index is 3080. The second kappa shape index (κ2) is 12.4. The lowest BCUT2D eigenvalue weighted by Gasteiger charge is -2.61. The van der Waals surface area contributed by atoms with Crippen molar-refractivity contribution in [1.29, 1.82) is 0 Å². The molecule has 9 aromatic rings. The Kier molecular flexibility index (Phi) is 6.79. The lowest BCUT2D eigenvalue weighted by Crippen LogP contribution is -2.55. The van der Waals surface area contributed by atoms with Gasteiger partial charge in [-0.3, -0.25) is 0 Å². The molecule has 1 spiro atoms. The van der Waals surface area contributed by atoms with Crippen LogP contribution in [0.4, 0.5) is 0 Å². The van der Waals surface area contributed by atoms with Gasteiger partial charge in [-0.05, 0) is 161 Å². The standard InChI is InChI=1S/C58H44/c1-2-12-38(13-3-1)39-24-26-41(27-25-39)56-48-17-4-6-19-50(48)57(51-20-7-5-18-49(51)56)52-22-11-15-40-14-10-21-45(55(40)52)42-28-29-47-46-16-8-9-23-53(46)58(54(47)35-42)43-31-36-30-37(33-43)34-44(58)32-36/h1-29,35-37,43-44H,30-34H2/i1D. The van der Waals surface area contributed by atoms with E-state index in [1.807, 2.05) is 24.3 Å². The first kappa shape index (κ1) is 31.8. The Balaban J connectivity index is 1.02. The number of fused-ring (bicyclic) bond motifs is 6. The zero-order valence-electron chi connectivity index (χ0n) is 33.6. The number of rotatable bonds is 4. The molecule has 5 aliphatic carbocycles. The summed E-state index contributed by atoms with van der Waals surface area (Å²) in [6.45, 7) is 0. The molecule has 0 aliphatic heterocycles. The predicted octanol–water partition coefficient (Wildman–Crippen LogP) is 15.5. The maximum Gasteiger partial charge on any atom is 0.0623 e. The van der Waals surface area contributed by atoms with Crippen LogP contribution in [-0.2, 0) is 5.41 Å². The Morgan fingerprint density at radius 1 is 0.379 bits per heavy atom. The lowest BCUT2D eigenvalue weighted by atomic mass is 9.43. The van der Waals surface area contributed by atoms with Crippen molar-refractivity contribution in [1.82, 2.24) is 0 Å². The van der Waals surface area contributed by atoms with E-state index < -0.39 is 0 Å². The molecule has 0 unspecified atom stereocenters. The van der Waals surface area contributed by atoms with Gasteiger partial charge in [0.2, 0.25) is 0 Å². The summed E-state index contributed by atoms with van der Waals surface area (Å²) in [6, 6.07) is 66.4. The topological polar surface area (TPSA) is 0 Å². The Morgan fingerprint density at radius 2 is 0.897 bits per heavy atom. The highest BCUT2D eigenvalue weighted by molar-refractivity contribution is 6.24. The van der Waals surface area contributed by atoms with E-state index in [0.29, 0.717) is 6.04 Å². The molecule has 0 saturated heterocycles. The van der Waals surface area contributed by atoms with E-state index in [2.05, 4.69) is 152 Å². The molecule has 0 amide bonds. The van der Waals surface area contributed by atoms with Gasteiger partial charge in [-0.25, -0.2) is 0 Å². The minimum absolute atomic E-state index is 0.135. The molecule has 14 rings (SSSR count). The average molecular weight is 742 g/mol. The highest BCUT2D eigenvalue weighted by Gasteiger charge is 2.61. The summed E-state index contributed by atoms with van der Waals surface area (Å²) in [5, 5.41) is 7.68. The SMILES string of the molecule is [2H]c1ccc(-c2ccc(-c3c4ccccc4c(-c4cccc5cccc(-c6ccc7c(c6)C6(c8ccccc8-7)C7CC8CC(C7)CC6C8)c45)c4ccccc34)cc2)cc1. The molecule has 5 aliphatic rings. The molecule has 9 aromatic carbocycles. The van der Waals surface area contributed by atoms with E-state index in [1.165, 1.54) is 109 Å². The van der Waals surface area contributed by atoms with Crippen molar-refractivity contribution >= 4 is 32.3 Å². The molecule has 58 heavy (non-hydrogen) atoms. The van der Waals surface area contributed by atoms with Crippen LogP contribution in [0.5, 0.6) is 0 Å². The van der Waals surface area contributed by atoms with E-state index in [-0.39, 0.29) is 5.41 Å².